The molecule has 2 aromatic carbocycles. The highest BCUT2D eigenvalue weighted by Crippen LogP contribution is 2.27. The van der Waals surface area contributed by atoms with Gasteiger partial charge in [-0.3, -0.25) is 0 Å². The van der Waals surface area contributed by atoms with E-state index >= 15 is 0 Å². The molecule has 20 heavy (non-hydrogen) atoms. The molecule has 106 valence electrons. The molecule has 0 fully saturated rings. The number of ether oxygens (including phenoxy) is 1. The van der Waals surface area contributed by atoms with E-state index in [1.807, 2.05) is 13.8 Å². The van der Waals surface area contributed by atoms with Crippen LogP contribution in [0.25, 0.3) is 0 Å². The lowest BCUT2D eigenvalue weighted by Gasteiger charge is -2.10. The molecule has 0 aliphatic rings. The van der Waals surface area contributed by atoms with Crippen molar-refractivity contribution in [3.8, 4) is 11.5 Å². The molecule has 1 N–H and O–H groups in total. The molecule has 0 atom stereocenters. The summed E-state index contributed by atoms with van der Waals surface area (Å²) < 4.78 is 32.6. The summed E-state index contributed by atoms with van der Waals surface area (Å²) in [6.07, 6.45) is 0. The monoisotopic (exact) mass is 277 g/mol. The van der Waals surface area contributed by atoms with Crippen LogP contribution in [-0.2, 0) is 6.54 Å². The molecular weight excluding hydrogens is 260 g/mol. The number of nitrogens with one attached hydrogen (secondary N) is 1. The molecule has 0 spiro atoms. The number of aryl methyl sites for hydroxylation is 1. The Hall–Kier alpha value is -1.94. The zero-order chi connectivity index (χ0) is 14.5. The van der Waals surface area contributed by atoms with E-state index in [9.17, 15) is 8.78 Å². The Labute approximate surface area is 117 Å². The lowest BCUT2D eigenvalue weighted by molar-refractivity contribution is 0.437. The Bertz CT molecular complexity index is 599. The third-order valence-electron chi connectivity index (χ3n) is 2.82. The number of hydrogen-bond acceptors (Lipinski definition) is 2. The van der Waals surface area contributed by atoms with E-state index in [2.05, 4.69) is 5.32 Å². The van der Waals surface area contributed by atoms with Crippen molar-refractivity contribution in [2.75, 3.05) is 6.54 Å². The van der Waals surface area contributed by atoms with E-state index in [-0.39, 0.29) is 5.75 Å². The molecular formula is C16H17F2NO. The quantitative estimate of drug-likeness (QED) is 0.885. The van der Waals surface area contributed by atoms with Gasteiger partial charge in [0.1, 0.15) is 11.6 Å². The van der Waals surface area contributed by atoms with Crippen molar-refractivity contribution in [2.45, 2.75) is 20.4 Å². The summed E-state index contributed by atoms with van der Waals surface area (Å²) in [5.74, 6) is -0.469. The van der Waals surface area contributed by atoms with Gasteiger partial charge in [-0.25, -0.2) is 8.78 Å². The fraction of sp³-hybridized carbons (Fsp3) is 0.250. The van der Waals surface area contributed by atoms with E-state index in [1.54, 1.807) is 18.2 Å². The van der Waals surface area contributed by atoms with E-state index in [4.69, 9.17) is 4.74 Å². The molecule has 0 saturated carbocycles. The Kier molecular flexibility index (Phi) is 4.69. The highest BCUT2D eigenvalue weighted by molar-refractivity contribution is 5.37. The Morgan fingerprint density at radius 2 is 1.90 bits per heavy atom. The molecule has 0 aromatic heterocycles. The minimum atomic E-state index is -0.465. The second-order valence-corrected chi connectivity index (χ2v) is 4.61. The lowest BCUT2D eigenvalue weighted by Crippen LogP contribution is -2.11. The van der Waals surface area contributed by atoms with Crippen molar-refractivity contribution in [1.82, 2.24) is 5.32 Å². The zero-order valence-corrected chi connectivity index (χ0v) is 11.5. The molecule has 2 nitrogen and oxygen atoms in total. The number of rotatable bonds is 5. The van der Waals surface area contributed by atoms with E-state index in [0.29, 0.717) is 12.3 Å². The first-order chi connectivity index (χ1) is 9.58. The molecule has 0 unspecified atom stereocenters. The van der Waals surface area contributed by atoms with Crippen LogP contribution in [0, 0.1) is 18.6 Å². The van der Waals surface area contributed by atoms with E-state index in [0.717, 1.165) is 17.7 Å². The molecule has 0 aliphatic carbocycles. The van der Waals surface area contributed by atoms with Crippen LogP contribution in [0.15, 0.2) is 36.4 Å². The maximum absolute atomic E-state index is 13.6. The van der Waals surface area contributed by atoms with Gasteiger partial charge >= 0.3 is 0 Å². The third-order valence-corrected chi connectivity index (χ3v) is 2.82. The SMILES string of the molecule is CCNCc1cc(F)cc(Oc2cc(C)ccc2F)c1. The van der Waals surface area contributed by atoms with Gasteiger partial charge in [-0.1, -0.05) is 13.0 Å². The van der Waals surface area contributed by atoms with Crippen molar-refractivity contribution in [2.24, 2.45) is 0 Å². The molecule has 0 amide bonds. The number of hydrogen-bond donors (Lipinski definition) is 1. The number of halogens is 2. The summed E-state index contributed by atoms with van der Waals surface area (Å²) in [6.45, 7) is 5.15. The van der Waals surface area contributed by atoms with Crippen molar-refractivity contribution in [3.63, 3.8) is 0 Å². The number of benzene rings is 2. The van der Waals surface area contributed by atoms with Crippen LogP contribution < -0.4 is 10.1 Å². The summed E-state index contributed by atoms with van der Waals surface area (Å²) >= 11 is 0. The molecule has 2 aromatic rings. The molecule has 0 saturated heterocycles. The van der Waals surface area contributed by atoms with Crippen LogP contribution >= 0.6 is 0 Å². The summed E-state index contributed by atoms with van der Waals surface area (Å²) in [6, 6.07) is 8.96. The molecule has 2 rings (SSSR count). The first-order valence-corrected chi connectivity index (χ1v) is 6.52. The second-order valence-electron chi connectivity index (χ2n) is 4.61. The van der Waals surface area contributed by atoms with Crippen LogP contribution in [0.4, 0.5) is 8.78 Å². The van der Waals surface area contributed by atoms with Gasteiger partial charge in [0.05, 0.1) is 0 Å². The third kappa shape index (κ3) is 3.78. The van der Waals surface area contributed by atoms with Gasteiger partial charge in [0.25, 0.3) is 0 Å². The minimum Gasteiger partial charge on any atom is -0.454 e. The van der Waals surface area contributed by atoms with Gasteiger partial charge in [0.2, 0.25) is 0 Å². The highest BCUT2D eigenvalue weighted by atomic mass is 19.1. The van der Waals surface area contributed by atoms with Crippen LogP contribution in [0.1, 0.15) is 18.1 Å². The van der Waals surface area contributed by atoms with Crippen molar-refractivity contribution in [3.05, 3.63) is 59.2 Å². The average molecular weight is 277 g/mol. The maximum Gasteiger partial charge on any atom is 0.165 e. The van der Waals surface area contributed by atoms with Crippen LogP contribution in [-0.4, -0.2) is 6.54 Å². The Morgan fingerprint density at radius 3 is 2.65 bits per heavy atom. The summed E-state index contributed by atoms with van der Waals surface area (Å²) in [4.78, 5) is 0. The average Bonchev–Trinajstić information content (AvgIpc) is 2.40. The Morgan fingerprint density at radius 1 is 1.10 bits per heavy atom. The van der Waals surface area contributed by atoms with Crippen LogP contribution in [0.2, 0.25) is 0 Å². The van der Waals surface area contributed by atoms with Crippen LogP contribution in [0.3, 0.4) is 0 Å². The maximum atomic E-state index is 13.6. The predicted molar refractivity (Wildman–Crippen MR) is 75.0 cm³/mol. The van der Waals surface area contributed by atoms with Gasteiger partial charge < -0.3 is 10.1 Å². The first kappa shape index (κ1) is 14.5. The standard InChI is InChI=1S/C16H17F2NO/c1-3-19-10-12-7-13(17)9-14(8-12)20-16-6-11(2)4-5-15(16)18/h4-9,19H,3,10H2,1-2H3. The van der Waals surface area contributed by atoms with E-state index < -0.39 is 11.6 Å². The normalized spacial score (nSPS) is 10.6. The topological polar surface area (TPSA) is 21.3 Å². The molecule has 0 aliphatic heterocycles. The van der Waals surface area contributed by atoms with Gasteiger partial charge in [-0.2, -0.15) is 0 Å². The Balaban J connectivity index is 2.24. The van der Waals surface area contributed by atoms with Crippen molar-refractivity contribution >= 4 is 0 Å². The second kappa shape index (κ2) is 6.48. The van der Waals surface area contributed by atoms with Gasteiger partial charge in [0, 0.05) is 12.6 Å². The van der Waals surface area contributed by atoms with Gasteiger partial charge in [-0.15, -0.1) is 0 Å². The summed E-state index contributed by atoms with van der Waals surface area (Å²) in [7, 11) is 0. The highest BCUT2D eigenvalue weighted by Gasteiger charge is 2.07. The van der Waals surface area contributed by atoms with Gasteiger partial charge in [-0.05, 0) is 48.9 Å². The predicted octanol–water partition coefficient (Wildman–Crippen LogP) is 4.18. The summed E-state index contributed by atoms with van der Waals surface area (Å²) in [5.41, 5.74) is 1.64. The van der Waals surface area contributed by atoms with Crippen molar-refractivity contribution in [1.29, 1.82) is 0 Å². The van der Waals surface area contributed by atoms with E-state index in [1.165, 1.54) is 18.2 Å². The smallest absolute Gasteiger partial charge is 0.165 e. The fourth-order valence-corrected chi connectivity index (χ4v) is 1.87. The lowest BCUT2D eigenvalue weighted by atomic mass is 10.2. The van der Waals surface area contributed by atoms with Gasteiger partial charge in [0.15, 0.2) is 11.6 Å². The fourth-order valence-electron chi connectivity index (χ4n) is 1.87. The summed E-state index contributed by atoms with van der Waals surface area (Å²) in [5, 5.41) is 3.11. The van der Waals surface area contributed by atoms with Crippen LogP contribution in [0.5, 0.6) is 11.5 Å². The zero-order valence-electron chi connectivity index (χ0n) is 11.5. The molecule has 0 bridgehead atoms. The minimum absolute atomic E-state index is 0.102. The van der Waals surface area contributed by atoms with Crippen molar-refractivity contribution < 1.29 is 13.5 Å². The largest absolute Gasteiger partial charge is 0.454 e. The molecule has 0 heterocycles. The molecule has 0 radical (unpaired) electrons. The first-order valence-electron chi connectivity index (χ1n) is 6.52. The molecule has 4 heteroatoms.